The van der Waals surface area contributed by atoms with Gasteiger partial charge in [-0.1, -0.05) is 22.0 Å². The number of rotatable bonds is 5. The second-order valence-electron chi connectivity index (χ2n) is 6.97. The van der Waals surface area contributed by atoms with E-state index in [9.17, 15) is 22.8 Å². The van der Waals surface area contributed by atoms with Gasteiger partial charge in [-0.15, -0.1) is 0 Å². The number of carbonyl (C=O) groups excluding carboxylic acids is 2. The quantitative estimate of drug-likeness (QED) is 0.329. The van der Waals surface area contributed by atoms with Crippen LogP contribution in [0.2, 0.25) is 0 Å². The fraction of sp³-hybridized carbons (Fsp3) is 0.0909. The van der Waals surface area contributed by atoms with Crippen molar-refractivity contribution in [3.8, 4) is 11.5 Å². The minimum atomic E-state index is -4.62. The first-order valence-corrected chi connectivity index (χ1v) is 10.5. The van der Waals surface area contributed by atoms with E-state index in [1.807, 2.05) is 0 Å². The molecule has 4 rings (SSSR count). The second-order valence-corrected chi connectivity index (χ2v) is 7.89. The maximum Gasteiger partial charge on any atom is 0.418 e. The van der Waals surface area contributed by atoms with Crippen LogP contribution in [0.25, 0.3) is 11.0 Å². The number of aromatic nitrogens is 3. The summed E-state index contributed by atoms with van der Waals surface area (Å²) >= 11 is 3.05. The molecular formula is C22H15BrF3N5O3. The van der Waals surface area contributed by atoms with Gasteiger partial charge in [0.05, 0.1) is 11.1 Å². The molecule has 0 aliphatic rings. The van der Waals surface area contributed by atoms with Crippen LogP contribution >= 0.6 is 15.9 Å². The zero-order chi connectivity index (χ0) is 24.5. The van der Waals surface area contributed by atoms with E-state index < -0.39 is 17.6 Å². The topological polar surface area (TPSA) is 109 Å². The van der Waals surface area contributed by atoms with Crippen molar-refractivity contribution >= 4 is 44.7 Å². The van der Waals surface area contributed by atoms with Crippen LogP contribution in [-0.4, -0.2) is 33.8 Å². The van der Waals surface area contributed by atoms with E-state index in [0.717, 1.165) is 6.07 Å². The molecule has 8 nitrogen and oxygen atoms in total. The van der Waals surface area contributed by atoms with E-state index in [1.54, 1.807) is 18.2 Å². The average Bonchev–Trinajstić information content (AvgIpc) is 3.19. The molecule has 0 radical (unpaired) electrons. The molecule has 0 aliphatic carbocycles. The highest BCUT2D eigenvalue weighted by Crippen LogP contribution is 2.36. The van der Waals surface area contributed by atoms with E-state index in [1.165, 1.54) is 37.5 Å². The Morgan fingerprint density at radius 3 is 2.56 bits per heavy atom. The molecule has 0 saturated carbocycles. The van der Waals surface area contributed by atoms with Crippen molar-refractivity contribution in [2.75, 3.05) is 12.4 Å². The molecular weight excluding hydrogens is 519 g/mol. The highest BCUT2D eigenvalue weighted by Gasteiger charge is 2.34. The van der Waals surface area contributed by atoms with Gasteiger partial charge in [-0.25, -0.2) is 4.98 Å². The summed E-state index contributed by atoms with van der Waals surface area (Å²) in [7, 11) is 1.48. The normalized spacial score (nSPS) is 11.3. The molecule has 2 aromatic heterocycles. The Hall–Kier alpha value is -3.93. The van der Waals surface area contributed by atoms with Gasteiger partial charge in [0.1, 0.15) is 22.7 Å². The standard InChI is InChI=1S/C22H15BrF3N5O3/c1-27-20(33)17-10-14(5-6-28-17)34-13-4-2-3-11(7-13)19(32)31-21-29-16-9-12(23)8-15(18(16)30-21)22(24,25)26/h2-10H,1H3,(H,27,33)(H2,29,30,31,32). The number of H-pyrrole nitrogens is 1. The SMILES string of the molecule is CNC(=O)c1cc(Oc2cccc(C(=O)Nc3nc4c(C(F)(F)F)cc(Br)cc4[nH]3)c2)ccn1. The predicted octanol–water partition coefficient (Wildman–Crippen LogP) is 5.14. The lowest BCUT2D eigenvalue weighted by Crippen LogP contribution is -2.18. The zero-order valence-corrected chi connectivity index (χ0v) is 18.9. The third-order valence-corrected chi connectivity index (χ3v) is 5.07. The number of pyridine rings is 1. The van der Waals surface area contributed by atoms with Crippen LogP contribution < -0.4 is 15.4 Å². The zero-order valence-electron chi connectivity index (χ0n) is 17.3. The summed E-state index contributed by atoms with van der Waals surface area (Å²) in [4.78, 5) is 35.0. The summed E-state index contributed by atoms with van der Waals surface area (Å²) in [5.41, 5.74) is -0.803. The van der Waals surface area contributed by atoms with Gasteiger partial charge >= 0.3 is 6.18 Å². The van der Waals surface area contributed by atoms with Crippen molar-refractivity contribution in [1.29, 1.82) is 0 Å². The van der Waals surface area contributed by atoms with Crippen LogP contribution in [0.3, 0.4) is 0 Å². The highest BCUT2D eigenvalue weighted by atomic mass is 79.9. The Morgan fingerprint density at radius 1 is 1.06 bits per heavy atom. The second kappa shape index (κ2) is 9.14. The predicted molar refractivity (Wildman–Crippen MR) is 121 cm³/mol. The number of benzene rings is 2. The number of imidazole rings is 1. The minimum Gasteiger partial charge on any atom is -0.457 e. The monoisotopic (exact) mass is 533 g/mol. The Labute approximate surface area is 198 Å². The molecule has 0 unspecified atom stereocenters. The number of carbonyl (C=O) groups is 2. The smallest absolute Gasteiger partial charge is 0.418 e. The van der Waals surface area contributed by atoms with E-state index >= 15 is 0 Å². The van der Waals surface area contributed by atoms with E-state index in [0.29, 0.717) is 11.5 Å². The fourth-order valence-electron chi connectivity index (χ4n) is 3.10. The maximum atomic E-state index is 13.3. The number of hydrogen-bond donors (Lipinski definition) is 3. The van der Waals surface area contributed by atoms with Crippen molar-refractivity contribution in [2.45, 2.75) is 6.18 Å². The Bertz CT molecular complexity index is 1400. The van der Waals surface area contributed by atoms with Crippen LogP contribution in [-0.2, 0) is 6.18 Å². The first-order chi connectivity index (χ1) is 16.1. The van der Waals surface area contributed by atoms with Crippen LogP contribution in [0, 0.1) is 0 Å². The van der Waals surface area contributed by atoms with Crippen molar-refractivity contribution < 1.29 is 27.5 Å². The lowest BCUT2D eigenvalue weighted by Gasteiger charge is -2.08. The summed E-state index contributed by atoms with van der Waals surface area (Å²) in [5, 5.41) is 4.92. The summed E-state index contributed by atoms with van der Waals surface area (Å²) in [6.07, 6.45) is -3.21. The Kier molecular flexibility index (Phi) is 6.24. The molecule has 2 aromatic carbocycles. The highest BCUT2D eigenvalue weighted by molar-refractivity contribution is 9.10. The summed E-state index contributed by atoms with van der Waals surface area (Å²) in [6.45, 7) is 0. The summed E-state index contributed by atoms with van der Waals surface area (Å²) < 4.78 is 46.0. The van der Waals surface area contributed by atoms with Gasteiger partial charge in [-0.2, -0.15) is 13.2 Å². The Balaban J connectivity index is 1.55. The molecule has 4 aromatic rings. The molecule has 0 spiro atoms. The number of halogens is 4. The molecule has 174 valence electrons. The maximum absolute atomic E-state index is 13.3. The van der Waals surface area contributed by atoms with Crippen molar-refractivity contribution in [2.24, 2.45) is 0 Å². The van der Waals surface area contributed by atoms with Crippen molar-refractivity contribution in [3.63, 3.8) is 0 Å². The van der Waals surface area contributed by atoms with Gasteiger partial charge in [0.25, 0.3) is 11.8 Å². The first-order valence-electron chi connectivity index (χ1n) is 9.68. The molecule has 0 fully saturated rings. The fourth-order valence-corrected chi connectivity index (χ4v) is 3.56. The van der Waals surface area contributed by atoms with Crippen LogP contribution in [0.5, 0.6) is 11.5 Å². The first kappa shape index (κ1) is 23.2. The van der Waals surface area contributed by atoms with Gasteiger partial charge in [-0.05, 0) is 36.4 Å². The molecule has 2 amide bonds. The van der Waals surface area contributed by atoms with Crippen LogP contribution in [0.4, 0.5) is 19.1 Å². The van der Waals surface area contributed by atoms with Crippen molar-refractivity contribution in [3.05, 3.63) is 76.0 Å². The van der Waals surface area contributed by atoms with Crippen molar-refractivity contribution in [1.82, 2.24) is 20.3 Å². The summed E-state index contributed by atoms with van der Waals surface area (Å²) in [6, 6.07) is 11.5. The number of nitrogens with zero attached hydrogens (tertiary/aromatic N) is 2. The number of alkyl halides is 3. The van der Waals surface area contributed by atoms with E-state index in [4.69, 9.17) is 4.74 Å². The number of ether oxygens (including phenoxy) is 1. The number of nitrogens with one attached hydrogen (secondary N) is 3. The number of anilines is 1. The molecule has 3 N–H and O–H groups in total. The minimum absolute atomic E-state index is 0.110. The molecule has 0 aliphatic heterocycles. The molecule has 12 heteroatoms. The molecule has 0 atom stereocenters. The lowest BCUT2D eigenvalue weighted by atomic mass is 10.2. The third kappa shape index (κ3) is 5.01. The van der Waals surface area contributed by atoms with Gasteiger partial charge in [0, 0.05) is 29.3 Å². The number of fused-ring (bicyclic) bond motifs is 1. The Morgan fingerprint density at radius 2 is 1.82 bits per heavy atom. The van der Waals surface area contributed by atoms with Gasteiger partial charge in [0.15, 0.2) is 0 Å². The van der Waals surface area contributed by atoms with Gasteiger partial charge < -0.3 is 15.0 Å². The summed E-state index contributed by atoms with van der Waals surface area (Å²) in [5.74, 6) is -0.509. The third-order valence-electron chi connectivity index (χ3n) is 4.61. The number of hydrogen-bond acceptors (Lipinski definition) is 5. The largest absolute Gasteiger partial charge is 0.457 e. The molecule has 2 heterocycles. The van der Waals surface area contributed by atoms with Crippen LogP contribution in [0.15, 0.2) is 59.2 Å². The van der Waals surface area contributed by atoms with Crippen LogP contribution in [0.1, 0.15) is 26.4 Å². The molecule has 0 saturated heterocycles. The van der Waals surface area contributed by atoms with Gasteiger partial charge in [0.2, 0.25) is 5.95 Å². The molecule has 0 bridgehead atoms. The van der Waals surface area contributed by atoms with E-state index in [2.05, 4.69) is 41.5 Å². The van der Waals surface area contributed by atoms with Gasteiger partial charge in [-0.3, -0.25) is 19.9 Å². The molecule has 34 heavy (non-hydrogen) atoms. The average molecular weight is 534 g/mol. The number of aromatic amines is 1. The van der Waals surface area contributed by atoms with E-state index in [-0.39, 0.29) is 38.6 Å². The number of amides is 2. The lowest BCUT2D eigenvalue weighted by molar-refractivity contribution is -0.136.